The minimum atomic E-state index is -0.431. The SMILES string of the molecule is CSCC(=O)NNC(=O)c1ccccc1Cl. The molecular formula is C10H11ClN2O2S. The second-order valence-corrected chi connectivity index (χ2v) is 4.19. The molecule has 0 spiro atoms. The smallest absolute Gasteiger partial charge is 0.271 e. The molecule has 1 aromatic carbocycles. The fraction of sp³-hybridized carbons (Fsp3) is 0.200. The van der Waals surface area contributed by atoms with Crippen LogP contribution in [0.4, 0.5) is 0 Å². The van der Waals surface area contributed by atoms with E-state index in [0.29, 0.717) is 16.3 Å². The topological polar surface area (TPSA) is 58.2 Å². The molecule has 0 saturated carbocycles. The highest BCUT2D eigenvalue weighted by Gasteiger charge is 2.09. The number of rotatable bonds is 3. The van der Waals surface area contributed by atoms with E-state index >= 15 is 0 Å². The summed E-state index contributed by atoms with van der Waals surface area (Å²) in [5.41, 5.74) is 4.91. The Morgan fingerprint density at radius 1 is 1.31 bits per heavy atom. The maximum absolute atomic E-state index is 11.6. The Morgan fingerprint density at radius 2 is 2.00 bits per heavy atom. The first-order chi connectivity index (χ1) is 7.65. The van der Waals surface area contributed by atoms with Gasteiger partial charge >= 0.3 is 0 Å². The van der Waals surface area contributed by atoms with Crippen LogP contribution in [-0.4, -0.2) is 23.8 Å². The highest BCUT2D eigenvalue weighted by Crippen LogP contribution is 2.13. The molecule has 0 aliphatic rings. The second kappa shape index (κ2) is 6.40. The third-order valence-corrected chi connectivity index (χ3v) is 2.59. The molecule has 2 amide bonds. The van der Waals surface area contributed by atoms with Crippen molar-refractivity contribution in [3.63, 3.8) is 0 Å². The first-order valence-corrected chi connectivity index (χ1v) is 6.25. The minimum absolute atomic E-state index is 0.257. The molecule has 0 aliphatic carbocycles. The Hall–Kier alpha value is -1.20. The average Bonchev–Trinajstić information content (AvgIpc) is 2.27. The van der Waals surface area contributed by atoms with E-state index in [4.69, 9.17) is 11.6 Å². The number of amides is 2. The van der Waals surface area contributed by atoms with Crippen molar-refractivity contribution in [2.24, 2.45) is 0 Å². The number of halogens is 1. The summed E-state index contributed by atoms with van der Waals surface area (Å²) in [6.07, 6.45) is 1.80. The first kappa shape index (κ1) is 12.9. The van der Waals surface area contributed by atoms with Crippen LogP contribution in [0.1, 0.15) is 10.4 Å². The summed E-state index contributed by atoms with van der Waals surface area (Å²) < 4.78 is 0. The lowest BCUT2D eigenvalue weighted by Crippen LogP contribution is -2.42. The largest absolute Gasteiger partial charge is 0.272 e. The number of carbonyl (C=O) groups excluding carboxylic acids is 2. The van der Waals surface area contributed by atoms with Crippen LogP contribution in [0.25, 0.3) is 0 Å². The molecule has 1 rings (SSSR count). The molecule has 0 fully saturated rings. The van der Waals surface area contributed by atoms with Crippen LogP contribution >= 0.6 is 23.4 Å². The van der Waals surface area contributed by atoms with Gasteiger partial charge in [0.2, 0.25) is 5.91 Å². The molecule has 0 saturated heterocycles. The minimum Gasteiger partial charge on any atom is -0.272 e. The lowest BCUT2D eigenvalue weighted by molar-refractivity contribution is -0.119. The van der Waals surface area contributed by atoms with Gasteiger partial charge in [0.15, 0.2) is 0 Å². The van der Waals surface area contributed by atoms with Crippen LogP contribution in [-0.2, 0) is 4.79 Å². The summed E-state index contributed by atoms with van der Waals surface area (Å²) in [6, 6.07) is 6.62. The summed E-state index contributed by atoms with van der Waals surface area (Å²) in [4.78, 5) is 22.6. The molecule has 0 bridgehead atoms. The summed E-state index contributed by atoms with van der Waals surface area (Å²) in [5.74, 6) is -0.393. The summed E-state index contributed by atoms with van der Waals surface area (Å²) in [7, 11) is 0. The Labute approximate surface area is 103 Å². The molecular weight excluding hydrogens is 248 g/mol. The fourth-order valence-corrected chi connectivity index (χ4v) is 1.56. The third-order valence-electron chi connectivity index (χ3n) is 1.71. The summed E-state index contributed by atoms with van der Waals surface area (Å²) >= 11 is 7.19. The van der Waals surface area contributed by atoms with E-state index < -0.39 is 5.91 Å². The third kappa shape index (κ3) is 3.75. The molecule has 86 valence electrons. The molecule has 4 nitrogen and oxygen atoms in total. The highest BCUT2D eigenvalue weighted by atomic mass is 35.5. The Balaban J connectivity index is 2.54. The van der Waals surface area contributed by atoms with Gasteiger partial charge in [-0.1, -0.05) is 23.7 Å². The Kier molecular flexibility index (Phi) is 5.14. The molecule has 6 heteroatoms. The van der Waals surface area contributed by atoms with Crippen molar-refractivity contribution in [1.29, 1.82) is 0 Å². The Bertz CT molecular complexity index is 398. The zero-order valence-electron chi connectivity index (χ0n) is 8.62. The van der Waals surface area contributed by atoms with Gasteiger partial charge in [0.25, 0.3) is 5.91 Å². The van der Waals surface area contributed by atoms with Crippen LogP contribution < -0.4 is 10.9 Å². The van der Waals surface area contributed by atoms with E-state index in [1.54, 1.807) is 30.5 Å². The van der Waals surface area contributed by atoms with Gasteiger partial charge in [-0.05, 0) is 18.4 Å². The standard InChI is InChI=1S/C10H11ClN2O2S/c1-16-6-9(14)12-13-10(15)7-4-2-3-5-8(7)11/h2-5H,6H2,1H3,(H,12,14)(H,13,15). The van der Waals surface area contributed by atoms with Gasteiger partial charge in [-0.3, -0.25) is 20.4 Å². The van der Waals surface area contributed by atoms with Crippen LogP contribution in [0.15, 0.2) is 24.3 Å². The zero-order chi connectivity index (χ0) is 12.0. The van der Waals surface area contributed by atoms with Gasteiger partial charge in [-0.25, -0.2) is 0 Å². The van der Waals surface area contributed by atoms with E-state index in [0.717, 1.165) is 0 Å². The van der Waals surface area contributed by atoms with Gasteiger partial charge in [0, 0.05) is 0 Å². The number of benzene rings is 1. The van der Waals surface area contributed by atoms with Crippen molar-refractivity contribution >= 4 is 35.2 Å². The van der Waals surface area contributed by atoms with Gasteiger partial charge in [-0.2, -0.15) is 11.8 Å². The normalized spacial score (nSPS) is 9.62. The monoisotopic (exact) mass is 258 g/mol. The number of thioether (sulfide) groups is 1. The van der Waals surface area contributed by atoms with E-state index in [2.05, 4.69) is 10.9 Å². The quantitative estimate of drug-likeness (QED) is 0.807. The van der Waals surface area contributed by atoms with Gasteiger partial charge < -0.3 is 0 Å². The predicted molar refractivity (Wildman–Crippen MR) is 65.4 cm³/mol. The lowest BCUT2D eigenvalue weighted by Gasteiger charge is -2.07. The van der Waals surface area contributed by atoms with E-state index in [-0.39, 0.29) is 5.91 Å². The van der Waals surface area contributed by atoms with E-state index in [1.165, 1.54) is 11.8 Å². The second-order valence-electron chi connectivity index (χ2n) is 2.92. The van der Waals surface area contributed by atoms with E-state index in [1.807, 2.05) is 0 Å². The molecule has 2 N–H and O–H groups in total. The van der Waals surface area contributed by atoms with Gasteiger partial charge in [0.05, 0.1) is 16.3 Å². The van der Waals surface area contributed by atoms with Crippen molar-refractivity contribution in [1.82, 2.24) is 10.9 Å². The number of carbonyl (C=O) groups is 2. The molecule has 0 aliphatic heterocycles. The van der Waals surface area contributed by atoms with Crippen LogP contribution in [0.2, 0.25) is 5.02 Å². The molecule has 0 unspecified atom stereocenters. The lowest BCUT2D eigenvalue weighted by atomic mass is 10.2. The Morgan fingerprint density at radius 3 is 2.62 bits per heavy atom. The maximum Gasteiger partial charge on any atom is 0.271 e. The number of hydrogen-bond donors (Lipinski definition) is 2. The highest BCUT2D eigenvalue weighted by molar-refractivity contribution is 7.99. The number of hydrogen-bond acceptors (Lipinski definition) is 3. The summed E-state index contributed by atoms with van der Waals surface area (Å²) in [5, 5.41) is 0.346. The van der Waals surface area contributed by atoms with Crippen molar-refractivity contribution in [2.75, 3.05) is 12.0 Å². The van der Waals surface area contributed by atoms with E-state index in [9.17, 15) is 9.59 Å². The molecule has 0 atom stereocenters. The van der Waals surface area contributed by atoms with Crippen molar-refractivity contribution < 1.29 is 9.59 Å². The van der Waals surface area contributed by atoms with Crippen molar-refractivity contribution in [3.05, 3.63) is 34.9 Å². The maximum atomic E-state index is 11.6. The molecule has 1 aromatic rings. The average molecular weight is 259 g/mol. The van der Waals surface area contributed by atoms with Gasteiger partial charge in [0.1, 0.15) is 0 Å². The molecule has 0 radical (unpaired) electrons. The summed E-state index contributed by atoms with van der Waals surface area (Å²) in [6.45, 7) is 0. The number of nitrogens with one attached hydrogen (secondary N) is 2. The number of hydrazine groups is 1. The molecule has 16 heavy (non-hydrogen) atoms. The fourth-order valence-electron chi connectivity index (χ4n) is 1.01. The van der Waals surface area contributed by atoms with Crippen LogP contribution in [0, 0.1) is 0 Å². The molecule has 0 aromatic heterocycles. The van der Waals surface area contributed by atoms with Crippen LogP contribution in [0.5, 0.6) is 0 Å². The first-order valence-electron chi connectivity index (χ1n) is 4.48. The van der Waals surface area contributed by atoms with Crippen molar-refractivity contribution in [2.45, 2.75) is 0 Å². The predicted octanol–water partition coefficient (Wildman–Crippen LogP) is 1.46. The van der Waals surface area contributed by atoms with Gasteiger partial charge in [-0.15, -0.1) is 0 Å². The molecule has 0 heterocycles. The zero-order valence-corrected chi connectivity index (χ0v) is 10.2. The van der Waals surface area contributed by atoms with Crippen molar-refractivity contribution in [3.8, 4) is 0 Å². The van der Waals surface area contributed by atoms with Crippen LogP contribution in [0.3, 0.4) is 0 Å².